The molecule has 0 fully saturated rings. The maximum atomic E-state index is 5.12. The highest BCUT2D eigenvalue weighted by Gasteiger charge is 2.03. The highest BCUT2D eigenvalue weighted by molar-refractivity contribution is 5.81. The molecule has 110 valence electrons. The standard InChI is InChI=1S/C17H16N4O/c1-12-17(20-16-6-4-3-5-15(16)19-12)21-18-11-13-7-9-14(22-2)10-8-13/h3-11H,1-2H3,(H,20,21)/b18-11-. The molecule has 0 aliphatic rings. The summed E-state index contributed by atoms with van der Waals surface area (Å²) >= 11 is 0. The molecule has 0 spiro atoms. The molecule has 0 bridgehead atoms. The van der Waals surface area contributed by atoms with Crippen LogP contribution in [0.1, 0.15) is 11.3 Å². The maximum absolute atomic E-state index is 5.12. The Hall–Kier alpha value is -2.95. The smallest absolute Gasteiger partial charge is 0.168 e. The Morgan fingerprint density at radius 2 is 1.68 bits per heavy atom. The topological polar surface area (TPSA) is 59.4 Å². The summed E-state index contributed by atoms with van der Waals surface area (Å²) in [6.45, 7) is 1.91. The minimum absolute atomic E-state index is 0.656. The monoisotopic (exact) mass is 292 g/mol. The Morgan fingerprint density at radius 1 is 1.00 bits per heavy atom. The fourth-order valence-electron chi connectivity index (χ4n) is 2.05. The van der Waals surface area contributed by atoms with E-state index in [-0.39, 0.29) is 0 Å². The highest BCUT2D eigenvalue weighted by atomic mass is 16.5. The Kier molecular flexibility index (Phi) is 3.96. The largest absolute Gasteiger partial charge is 0.497 e. The van der Waals surface area contributed by atoms with Crippen LogP contribution < -0.4 is 10.2 Å². The quantitative estimate of drug-likeness (QED) is 0.591. The van der Waals surface area contributed by atoms with Gasteiger partial charge in [0.15, 0.2) is 5.82 Å². The van der Waals surface area contributed by atoms with Gasteiger partial charge in [0.1, 0.15) is 5.75 Å². The summed E-state index contributed by atoms with van der Waals surface area (Å²) in [6.07, 6.45) is 1.73. The van der Waals surface area contributed by atoms with Crippen LogP contribution in [0.3, 0.4) is 0 Å². The van der Waals surface area contributed by atoms with Gasteiger partial charge < -0.3 is 4.74 Å². The van der Waals surface area contributed by atoms with Crippen molar-refractivity contribution >= 4 is 23.1 Å². The minimum Gasteiger partial charge on any atom is -0.497 e. The summed E-state index contributed by atoms with van der Waals surface area (Å²) in [5.74, 6) is 1.48. The van der Waals surface area contributed by atoms with Gasteiger partial charge in [-0.3, -0.25) is 5.43 Å². The van der Waals surface area contributed by atoms with Crippen LogP contribution in [0.25, 0.3) is 11.0 Å². The van der Waals surface area contributed by atoms with Crippen molar-refractivity contribution in [1.82, 2.24) is 9.97 Å². The molecule has 3 rings (SSSR count). The molecule has 1 N–H and O–H groups in total. The van der Waals surface area contributed by atoms with Gasteiger partial charge in [-0.15, -0.1) is 0 Å². The van der Waals surface area contributed by atoms with E-state index in [0.29, 0.717) is 5.82 Å². The lowest BCUT2D eigenvalue weighted by atomic mass is 10.2. The lowest BCUT2D eigenvalue weighted by Gasteiger charge is -2.05. The number of aromatic nitrogens is 2. The molecule has 0 amide bonds. The number of rotatable bonds is 4. The van der Waals surface area contributed by atoms with Crippen LogP contribution in [-0.2, 0) is 0 Å². The summed E-state index contributed by atoms with van der Waals surface area (Å²) in [7, 11) is 1.64. The van der Waals surface area contributed by atoms with Gasteiger partial charge in [-0.2, -0.15) is 5.10 Å². The van der Waals surface area contributed by atoms with Crippen LogP contribution in [0.5, 0.6) is 5.75 Å². The van der Waals surface area contributed by atoms with E-state index in [1.54, 1.807) is 13.3 Å². The van der Waals surface area contributed by atoms with Gasteiger partial charge in [-0.05, 0) is 48.9 Å². The molecule has 0 aliphatic carbocycles. The minimum atomic E-state index is 0.656. The third-order valence-corrected chi connectivity index (χ3v) is 3.24. The number of nitrogens with zero attached hydrogens (tertiary/aromatic N) is 3. The van der Waals surface area contributed by atoms with Crippen molar-refractivity contribution in [3.05, 3.63) is 59.8 Å². The molecule has 0 radical (unpaired) electrons. The van der Waals surface area contributed by atoms with Crippen LogP contribution in [0.15, 0.2) is 53.6 Å². The van der Waals surface area contributed by atoms with E-state index < -0.39 is 0 Å². The zero-order valence-electron chi connectivity index (χ0n) is 12.4. The van der Waals surface area contributed by atoms with Crippen molar-refractivity contribution < 1.29 is 4.74 Å². The van der Waals surface area contributed by atoms with Gasteiger partial charge in [0.25, 0.3) is 0 Å². The number of aryl methyl sites for hydroxylation is 1. The van der Waals surface area contributed by atoms with Crippen molar-refractivity contribution in [2.75, 3.05) is 12.5 Å². The molecule has 0 atom stereocenters. The number of para-hydroxylation sites is 2. The molecule has 5 nitrogen and oxygen atoms in total. The Balaban J connectivity index is 1.77. The van der Waals surface area contributed by atoms with Crippen LogP contribution >= 0.6 is 0 Å². The van der Waals surface area contributed by atoms with E-state index in [0.717, 1.165) is 28.0 Å². The molecule has 0 saturated carbocycles. The number of methoxy groups -OCH3 is 1. The molecule has 5 heteroatoms. The highest BCUT2D eigenvalue weighted by Crippen LogP contribution is 2.16. The van der Waals surface area contributed by atoms with Crippen molar-refractivity contribution in [3.8, 4) is 5.75 Å². The molecule has 0 unspecified atom stereocenters. The van der Waals surface area contributed by atoms with Crippen molar-refractivity contribution in [3.63, 3.8) is 0 Å². The number of ether oxygens (including phenoxy) is 1. The van der Waals surface area contributed by atoms with E-state index in [2.05, 4.69) is 20.5 Å². The summed E-state index contributed by atoms with van der Waals surface area (Å²) < 4.78 is 5.12. The van der Waals surface area contributed by atoms with Gasteiger partial charge in [0.2, 0.25) is 0 Å². The predicted molar refractivity (Wildman–Crippen MR) is 88.5 cm³/mol. The molecule has 0 saturated heterocycles. The molecule has 0 aliphatic heterocycles. The molecule has 1 aromatic heterocycles. The second-order valence-corrected chi connectivity index (χ2v) is 4.79. The van der Waals surface area contributed by atoms with Crippen molar-refractivity contribution in [2.45, 2.75) is 6.92 Å². The number of hydrogen-bond donors (Lipinski definition) is 1. The lowest BCUT2D eigenvalue weighted by molar-refractivity contribution is 0.415. The molecular formula is C17H16N4O. The first-order valence-corrected chi connectivity index (χ1v) is 6.93. The molecule has 3 aromatic rings. The maximum Gasteiger partial charge on any atom is 0.168 e. The van der Waals surface area contributed by atoms with E-state index in [1.165, 1.54) is 0 Å². The number of anilines is 1. The van der Waals surface area contributed by atoms with Gasteiger partial charge in [0, 0.05) is 0 Å². The van der Waals surface area contributed by atoms with Gasteiger partial charge >= 0.3 is 0 Å². The summed E-state index contributed by atoms with van der Waals surface area (Å²) in [6, 6.07) is 15.4. The Bertz CT molecular complexity index is 813. The second kappa shape index (κ2) is 6.22. The van der Waals surface area contributed by atoms with Crippen molar-refractivity contribution in [1.29, 1.82) is 0 Å². The van der Waals surface area contributed by atoms with Crippen molar-refractivity contribution in [2.24, 2.45) is 5.10 Å². The normalized spacial score (nSPS) is 11.0. The van der Waals surface area contributed by atoms with Crippen LogP contribution in [0, 0.1) is 6.92 Å². The zero-order chi connectivity index (χ0) is 15.4. The number of hydrazone groups is 1. The third-order valence-electron chi connectivity index (χ3n) is 3.24. The van der Waals surface area contributed by atoms with Crippen LogP contribution in [0.2, 0.25) is 0 Å². The summed E-state index contributed by atoms with van der Waals surface area (Å²) in [5, 5.41) is 4.22. The van der Waals surface area contributed by atoms with E-state index in [4.69, 9.17) is 4.74 Å². The first kappa shape index (κ1) is 14.0. The molecule has 2 aromatic carbocycles. The molecule has 1 heterocycles. The number of benzene rings is 2. The van der Waals surface area contributed by atoms with Gasteiger partial charge in [0.05, 0.1) is 30.1 Å². The Labute approximate surface area is 128 Å². The van der Waals surface area contributed by atoms with E-state index >= 15 is 0 Å². The molecule has 22 heavy (non-hydrogen) atoms. The number of hydrogen-bond acceptors (Lipinski definition) is 5. The first-order valence-electron chi connectivity index (χ1n) is 6.93. The van der Waals surface area contributed by atoms with Crippen LogP contribution in [-0.4, -0.2) is 23.3 Å². The third kappa shape index (κ3) is 3.03. The SMILES string of the molecule is COc1ccc(/C=N\Nc2nc3ccccc3nc2C)cc1. The van der Waals surface area contributed by atoms with Gasteiger partial charge in [-0.1, -0.05) is 12.1 Å². The zero-order valence-corrected chi connectivity index (χ0v) is 12.4. The number of nitrogens with one attached hydrogen (secondary N) is 1. The fraction of sp³-hybridized carbons (Fsp3) is 0.118. The number of fused-ring (bicyclic) bond motifs is 1. The average molecular weight is 292 g/mol. The van der Waals surface area contributed by atoms with Crippen LogP contribution in [0.4, 0.5) is 5.82 Å². The second-order valence-electron chi connectivity index (χ2n) is 4.79. The summed E-state index contributed by atoms with van der Waals surface area (Å²) in [5.41, 5.74) is 6.45. The van der Waals surface area contributed by atoms with E-state index in [1.807, 2.05) is 55.5 Å². The molecular weight excluding hydrogens is 276 g/mol. The summed E-state index contributed by atoms with van der Waals surface area (Å²) in [4.78, 5) is 9.03. The van der Waals surface area contributed by atoms with E-state index in [9.17, 15) is 0 Å². The predicted octanol–water partition coefficient (Wildman–Crippen LogP) is 3.39. The lowest BCUT2D eigenvalue weighted by Crippen LogP contribution is -1.99. The van der Waals surface area contributed by atoms with Gasteiger partial charge in [-0.25, -0.2) is 9.97 Å². The fourth-order valence-corrected chi connectivity index (χ4v) is 2.05. The first-order chi connectivity index (χ1) is 10.8. The Morgan fingerprint density at radius 3 is 2.36 bits per heavy atom. The average Bonchev–Trinajstić information content (AvgIpc) is 2.56.